The largest absolute Gasteiger partial charge is 0.456 e. The highest BCUT2D eigenvalue weighted by atomic mass is 16.3. The zero-order valence-electron chi connectivity index (χ0n) is 45.3. The molecule has 0 radical (unpaired) electrons. The Morgan fingerprint density at radius 3 is 1.07 bits per heavy atom. The van der Waals surface area contributed by atoms with Crippen molar-refractivity contribution in [3.63, 3.8) is 0 Å². The quantitative estimate of drug-likeness (QED) is 0.127. The van der Waals surface area contributed by atoms with Crippen molar-refractivity contribution in [2.24, 2.45) is 0 Å². The Morgan fingerprint density at radius 1 is 0.181 bits per heavy atom. The van der Waals surface area contributed by atoms with Gasteiger partial charge in [-0.3, -0.25) is 0 Å². The maximum atomic E-state index is 6.22. The Balaban J connectivity index is 0.784. The second-order valence-electron chi connectivity index (χ2n) is 21.5. The van der Waals surface area contributed by atoms with Crippen molar-refractivity contribution in [1.29, 1.82) is 0 Å². The van der Waals surface area contributed by atoms with Crippen LogP contribution in [0.1, 0.15) is 0 Å². The van der Waals surface area contributed by atoms with Crippen LogP contribution in [0, 0.1) is 0 Å². The number of nitrogens with zero attached hydrogens (tertiary/aromatic N) is 2. The van der Waals surface area contributed by atoms with Gasteiger partial charge >= 0.3 is 0 Å². The van der Waals surface area contributed by atoms with E-state index in [2.05, 4.69) is 313 Å². The monoisotopic (exact) mass is 1060 g/mol. The first kappa shape index (κ1) is 48.0. The number of fused-ring (bicyclic) bond motifs is 11. The molecule has 0 aliphatic rings. The Hall–Kier alpha value is -11.0. The fourth-order valence-corrected chi connectivity index (χ4v) is 12.9. The van der Waals surface area contributed by atoms with Gasteiger partial charge in [-0.15, -0.1) is 0 Å². The molecule has 0 amide bonds. The summed E-state index contributed by atoms with van der Waals surface area (Å²) in [6.45, 7) is 0. The van der Waals surface area contributed by atoms with Crippen LogP contribution in [0.3, 0.4) is 0 Å². The summed E-state index contributed by atoms with van der Waals surface area (Å²) < 4.78 is 6.22. The van der Waals surface area contributed by atoms with Gasteiger partial charge < -0.3 is 14.2 Å². The van der Waals surface area contributed by atoms with Crippen LogP contribution in [0.5, 0.6) is 0 Å². The van der Waals surface area contributed by atoms with Crippen molar-refractivity contribution >= 4 is 110 Å². The van der Waals surface area contributed by atoms with Gasteiger partial charge in [0.1, 0.15) is 11.2 Å². The third-order valence-corrected chi connectivity index (χ3v) is 16.9. The lowest BCUT2D eigenvalue weighted by Gasteiger charge is -2.28. The molecule has 1 heterocycles. The summed E-state index contributed by atoms with van der Waals surface area (Å²) in [4.78, 5) is 4.74. The van der Waals surface area contributed by atoms with Gasteiger partial charge in [0.25, 0.3) is 0 Å². The van der Waals surface area contributed by atoms with Crippen LogP contribution in [0.2, 0.25) is 0 Å². The van der Waals surface area contributed by atoms with Gasteiger partial charge in [-0.05, 0) is 184 Å². The molecule has 0 bridgehead atoms. The molecule has 0 aliphatic carbocycles. The highest BCUT2D eigenvalue weighted by molar-refractivity contribution is 6.26. The number of anilines is 6. The Kier molecular flexibility index (Phi) is 11.5. The molecule has 0 atom stereocenters. The average molecular weight is 1060 g/mol. The van der Waals surface area contributed by atoms with Gasteiger partial charge in [-0.2, -0.15) is 0 Å². The Bertz CT molecular complexity index is 5050. The fourth-order valence-electron chi connectivity index (χ4n) is 12.9. The van der Waals surface area contributed by atoms with E-state index in [1.54, 1.807) is 0 Å². The van der Waals surface area contributed by atoms with Gasteiger partial charge in [0.2, 0.25) is 0 Å². The molecule has 83 heavy (non-hydrogen) atoms. The summed E-state index contributed by atoms with van der Waals surface area (Å²) in [6, 6.07) is 115. The van der Waals surface area contributed by atoms with Gasteiger partial charge in [0, 0.05) is 44.6 Å². The molecular weight excluding hydrogens is 1000 g/mol. The minimum Gasteiger partial charge on any atom is -0.456 e. The molecule has 0 unspecified atom stereocenters. The minimum absolute atomic E-state index is 0.901. The highest BCUT2D eigenvalue weighted by Gasteiger charge is 2.20. The summed E-state index contributed by atoms with van der Waals surface area (Å²) in [6.07, 6.45) is 0. The fraction of sp³-hybridized carbons (Fsp3) is 0. The summed E-state index contributed by atoms with van der Waals surface area (Å²) in [7, 11) is 0. The van der Waals surface area contributed by atoms with E-state index in [0.29, 0.717) is 0 Å². The van der Waals surface area contributed by atoms with Crippen molar-refractivity contribution in [1.82, 2.24) is 0 Å². The number of para-hydroxylation sites is 3. The normalized spacial score (nSPS) is 11.6. The Labute approximate surface area is 481 Å². The summed E-state index contributed by atoms with van der Waals surface area (Å²) >= 11 is 0. The summed E-state index contributed by atoms with van der Waals surface area (Å²) in [5.74, 6) is 0. The first-order valence-corrected chi connectivity index (χ1v) is 28.5. The van der Waals surface area contributed by atoms with E-state index in [1.165, 1.54) is 87.2 Å². The maximum Gasteiger partial charge on any atom is 0.135 e. The van der Waals surface area contributed by atoms with E-state index in [9.17, 15) is 0 Å². The number of hydrogen-bond acceptors (Lipinski definition) is 3. The predicted octanol–water partition coefficient (Wildman–Crippen LogP) is 23.0. The molecule has 3 heteroatoms. The average Bonchev–Trinajstić information content (AvgIpc) is 3.46. The molecule has 16 aromatic rings. The molecule has 0 saturated heterocycles. The molecule has 3 nitrogen and oxygen atoms in total. The minimum atomic E-state index is 0.901. The molecule has 0 N–H and O–H groups in total. The second-order valence-corrected chi connectivity index (χ2v) is 21.5. The van der Waals surface area contributed by atoms with E-state index in [1.807, 2.05) is 12.1 Å². The van der Waals surface area contributed by atoms with Crippen molar-refractivity contribution in [2.75, 3.05) is 9.80 Å². The third-order valence-electron chi connectivity index (χ3n) is 16.9. The van der Waals surface area contributed by atoms with Crippen LogP contribution >= 0.6 is 0 Å². The Morgan fingerprint density at radius 2 is 0.530 bits per heavy atom. The molecule has 0 saturated carbocycles. The van der Waals surface area contributed by atoms with Crippen molar-refractivity contribution < 1.29 is 4.42 Å². The van der Waals surface area contributed by atoms with E-state index in [0.717, 1.165) is 67.2 Å². The predicted molar refractivity (Wildman–Crippen MR) is 352 cm³/mol. The molecule has 0 aliphatic heterocycles. The molecule has 1 aromatic heterocycles. The standard InChI is InChI=1S/C80H52N2O/c1-3-17-58(18-4-1)82(59-19-5-2-6-20-59)78-49-48-64(68-23-13-14-28-74(68)78)55-35-43-62(44-36-55)81(60-39-31-53(32-40-60)56-37-45-73-71-26-10-9-24-69(71)70-25-11-12-27-72(70)76(73)51-56)61-41-33-54(34-42-61)63-46-47-65(67-22-8-7-21-66(63)67)57-38-50-80-77(52-57)75-29-15-16-30-79(75)83-80/h1-52H. The van der Waals surface area contributed by atoms with Gasteiger partial charge in [0.05, 0.1) is 5.69 Å². The number of hydrogen-bond donors (Lipinski definition) is 0. The lowest BCUT2D eigenvalue weighted by atomic mass is 9.91. The van der Waals surface area contributed by atoms with Crippen LogP contribution in [-0.2, 0) is 0 Å². The van der Waals surface area contributed by atoms with E-state index < -0.39 is 0 Å². The molecule has 0 spiro atoms. The smallest absolute Gasteiger partial charge is 0.135 e. The zero-order valence-corrected chi connectivity index (χ0v) is 45.3. The van der Waals surface area contributed by atoms with Crippen LogP contribution < -0.4 is 9.80 Å². The van der Waals surface area contributed by atoms with Crippen molar-refractivity contribution in [2.45, 2.75) is 0 Å². The number of furan rings is 1. The van der Waals surface area contributed by atoms with E-state index in [-0.39, 0.29) is 0 Å². The number of rotatable bonds is 10. The van der Waals surface area contributed by atoms with Gasteiger partial charge in [-0.25, -0.2) is 0 Å². The molecule has 16 rings (SSSR count). The SMILES string of the molecule is c1ccc(N(c2ccccc2)c2ccc(-c3ccc(N(c4ccc(-c5ccc6c7ccccc7c7ccccc7c6c5)cc4)c4ccc(-c5ccc(-c6ccc7oc8ccccc8c7c6)c6ccccc56)cc4)cc3)c3ccccc23)cc1. The third kappa shape index (κ3) is 8.28. The first-order chi connectivity index (χ1) is 41.2. The van der Waals surface area contributed by atoms with E-state index >= 15 is 0 Å². The number of benzene rings is 15. The highest BCUT2D eigenvalue weighted by Crippen LogP contribution is 2.45. The lowest BCUT2D eigenvalue weighted by Crippen LogP contribution is -2.10. The maximum absolute atomic E-state index is 6.22. The van der Waals surface area contributed by atoms with Crippen LogP contribution in [0.15, 0.2) is 320 Å². The zero-order chi connectivity index (χ0) is 54.8. The van der Waals surface area contributed by atoms with Crippen LogP contribution in [-0.4, -0.2) is 0 Å². The molecule has 15 aromatic carbocycles. The van der Waals surface area contributed by atoms with Crippen LogP contribution in [0.25, 0.3) is 120 Å². The second kappa shape index (κ2) is 20.0. The topological polar surface area (TPSA) is 19.6 Å². The first-order valence-electron chi connectivity index (χ1n) is 28.5. The molecule has 0 fully saturated rings. The lowest BCUT2D eigenvalue weighted by molar-refractivity contribution is 0.669. The molecule has 388 valence electrons. The van der Waals surface area contributed by atoms with Crippen molar-refractivity contribution in [3.05, 3.63) is 315 Å². The molecular formula is C80H52N2O. The summed E-state index contributed by atoms with van der Waals surface area (Å²) in [5.41, 5.74) is 17.8. The summed E-state index contributed by atoms with van der Waals surface area (Å²) in [5, 5.41) is 14.7. The van der Waals surface area contributed by atoms with Crippen molar-refractivity contribution in [3.8, 4) is 44.5 Å². The van der Waals surface area contributed by atoms with E-state index in [4.69, 9.17) is 4.42 Å². The van der Waals surface area contributed by atoms with Gasteiger partial charge in [0.15, 0.2) is 0 Å². The van der Waals surface area contributed by atoms with Gasteiger partial charge in [-0.1, -0.05) is 224 Å². The van der Waals surface area contributed by atoms with Crippen LogP contribution in [0.4, 0.5) is 34.1 Å².